The van der Waals surface area contributed by atoms with E-state index >= 15 is 0 Å². The van der Waals surface area contributed by atoms with Gasteiger partial charge in [0.25, 0.3) is 0 Å². The van der Waals surface area contributed by atoms with Gasteiger partial charge in [0.05, 0.1) is 0 Å². The zero-order valence-corrected chi connectivity index (χ0v) is 11.0. The standard InChI is InChI=1S/C17H23N/c18-17-15(9-13-3-1-2-4-16(13)17)10-14-8-11-5-6-12(14)7-11/h1-4,11-12,14-15,17H,5-10,18H2. The van der Waals surface area contributed by atoms with Crippen molar-refractivity contribution in [1.29, 1.82) is 0 Å². The van der Waals surface area contributed by atoms with Crippen molar-refractivity contribution in [2.75, 3.05) is 0 Å². The molecule has 0 aliphatic heterocycles. The lowest BCUT2D eigenvalue weighted by Crippen LogP contribution is -2.22. The fourth-order valence-corrected chi connectivity index (χ4v) is 4.99. The molecule has 96 valence electrons. The first-order valence-corrected chi connectivity index (χ1v) is 7.64. The molecule has 0 saturated heterocycles. The van der Waals surface area contributed by atoms with Crippen molar-refractivity contribution in [3.63, 3.8) is 0 Å². The van der Waals surface area contributed by atoms with Crippen molar-refractivity contribution >= 4 is 0 Å². The van der Waals surface area contributed by atoms with E-state index in [0.717, 1.165) is 17.8 Å². The van der Waals surface area contributed by atoms with Gasteiger partial charge in [0.15, 0.2) is 0 Å². The minimum absolute atomic E-state index is 0.306. The van der Waals surface area contributed by atoms with E-state index in [2.05, 4.69) is 24.3 Å². The average Bonchev–Trinajstić information content (AvgIpc) is 3.06. The third-order valence-electron chi connectivity index (χ3n) is 5.89. The topological polar surface area (TPSA) is 26.0 Å². The van der Waals surface area contributed by atoms with Gasteiger partial charge in [0.1, 0.15) is 0 Å². The maximum Gasteiger partial charge on any atom is 0.0329 e. The van der Waals surface area contributed by atoms with Gasteiger partial charge >= 0.3 is 0 Å². The van der Waals surface area contributed by atoms with Crippen LogP contribution in [0.3, 0.4) is 0 Å². The molecule has 4 rings (SSSR count). The molecule has 0 spiro atoms. The Kier molecular flexibility index (Phi) is 2.51. The van der Waals surface area contributed by atoms with Crippen LogP contribution in [0.1, 0.15) is 49.3 Å². The normalized spacial score (nSPS) is 41.3. The molecule has 3 aliphatic rings. The van der Waals surface area contributed by atoms with E-state index in [-0.39, 0.29) is 0 Å². The van der Waals surface area contributed by atoms with Gasteiger partial charge in [-0.2, -0.15) is 0 Å². The molecule has 0 aromatic heterocycles. The van der Waals surface area contributed by atoms with E-state index in [4.69, 9.17) is 5.73 Å². The van der Waals surface area contributed by atoms with Crippen LogP contribution in [0.5, 0.6) is 0 Å². The van der Waals surface area contributed by atoms with Crippen molar-refractivity contribution in [1.82, 2.24) is 0 Å². The molecule has 0 radical (unpaired) electrons. The molecule has 0 amide bonds. The van der Waals surface area contributed by atoms with Crippen LogP contribution < -0.4 is 5.73 Å². The van der Waals surface area contributed by atoms with Crippen molar-refractivity contribution < 1.29 is 0 Å². The fourth-order valence-electron chi connectivity index (χ4n) is 4.99. The van der Waals surface area contributed by atoms with Gasteiger partial charge in [-0.1, -0.05) is 30.7 Å². The van der Waals surface area contributed by atoms with Gasteiger partial charge in [-0.25, -0.2) is 0 Å². The number of nitrogens with two attached hydrogens (primary N) is 1. The van der Waals surface area contributed by atoms with Crippen LogP contribution in [0.25, 0.3) is 0 Å². The van der Waals surface area contributed by atoms with E-state index in [0.29, 0.717) is 12.0 Å². The van der Waals surface area contributed by atoms with Crippen LogP contribution in [0.2, 0.25) is 0 Å². The van der Waals surface area contributed by atoms with E-state index < -0.39 is 0 Å². The molecule has 1 nitrogen and oxygen atoms in total. The van der Waals surface area contributed by atoms with E-state index in [1.807, 2.05) is 0 Å². The highest BCUT2D eigenvalue weighted by Crippen LogP contribution is 2.52. The Morgan fingerprint density at radius 2 is 1.94 bits per heavy atom. The molecule has 5 atom stereocenters. The second-order valence-electron chi connectivity index (χ2n) is 6.86. The first-order chi connectivity index (χ1) is 8.81. The molecule has 1 heteroatoms. The molecule has 18 heavy (non-hydrogen) atoms. The monoisotopic (exact) mass is 241 g/mol. The van der Waals surface area contributed by atoms with Gasteiger partial charge < -0.3 is 5.73 Å². The molecular weight excluding hydrogens is 218 g/mol. The maximum absolute atomic E-state index is 6.47. The summed E-state index contributed by atoms with van der Waals surface area (Å²) in [5.74, 6) is 3.83. The van der Waals surface area contributed by atoms with E-state index in [1.54, 1.807) is 0 Å². The Morgan fingerprint density at radius 3 is 2.67 bits per heavy atom. The summed E-state index contributed by atoms with van der Waals surface area (Å²) in [5.41, 5.74) is 9.40. The lowest BCUT2D eigenvalue weighted by atomic mass is 9.80. The quantitative estimate of drug-likeness (QED) is 0.839. The SMILES string of the molecule is NC1c2ccccc2CC1CC1CC2CCC1C2. The summed E-state index contributed by atoms with van der Waals surface area (Å²) in [6.07, 6.45) is 8.66. The smallest absolute Gasteiger partial charge is 0.0329 e. The number of hydrogen-bond donors (Lipinski definition) is 1. The first-order valence-electron chi connectivity index (χ1n) is 7.64. The van der Waals surface area contributed by atoms with Crippen molar-refractivity contribution in [2.45, 2.75) is 44.6 Å². The second kappa shape index (κ2) is 4.09. The number of fused-ring (bicyclic) bond motifs is 3. The summed E-state index contributed by atoms with van der Waals surface area (Å²) in [4.78, 5) is 0. The minimum Gasteiger partial charge on any atom is -0.324 e. The summed E-state index contributed by atoms with van der Waals surface area (Å²) in [7, 11) is 0. The molecule has 2 bridgehead atoms. The minimum atomic E-state index is 0.306. The van der Waals surface area contributed by atoms with Crippen molar-refractivity contribution in [2.24, 2.45) is 29.4 Å². The third-order valence-corrected chi connectivity index (χ3v) is 5.89. The van der Waals surface area contributed by atoms with Gasteiger partial charge in [-0.3, -0.25) is 0 Å². The lowest BCUT2D eigenvalue weighted by molar-refractivity contribution is 0.255. The van der Waals surface area contributed by atoms with Crippen molar-refractivity contribution in [3.05, 3.63) is 35.4 Å². The largest absolute Gasteiger partial charge is 0.324 e. The molecule has 1 aromatic rings. The van der Waals surface area contributed by atoms with Crippen LogP contribution >= 0.6 is 0 Å². The highest BCUT2D eigenvalue weighted by atomic mass is 14.7. The van der Waals surface area contributed by atoms with Gasteiger partial charge in [-0.05, 0) is 66.9 Å². The van der Waals surface area contributed by atoms with Gasteiger partial charge in [0.2, 0.25) is 0 Å². The van der Waals surface area contributed by atoms with E-state index in [1.165, 1.54) is 49.7 Å². The lowest BCUT2D eigenvalue weighted by Gasteiger charge is -2.26. The zero-order valence-electron chi connectivity index (χ0n) is 11.0. The molecule has 0 heterocycles. The maximum atomic E-state index is 6.47. The van der Waals surface area contributed by atoms with E-state index in [9.17, 15) is 0 Å². The summed E-state index contributed by atoms with van der Waals surface area (Å²) < 4.78 is 0. The van der Waals surface area contributed by atoms with Crippen LogP contribution in [-0.4, -0.2) is 0 Å². The summed E-state index contributed by atoms with van der Waals surface area (Å²) in [5, 5.41) is 0. The molecule has 3 aliphatic carbocycles. The predicted octanol–water partition coefficient (Wildman–Crippen LogP) is 3.69. The number of rotatable bonds is 2. The van der Waals surface area contributed by atoms with Crippen LogP contribution in [0, 0.1) is 23.7 Å². The average molecular weight is 241 g/mol. The summed E-state index contributed by atoms with van der Waals surface area (Å²) in [6, 6.07) is 9.11. The molecule has 2 saturated carbocycles. The molecule has 5 unspecified atom stereocenters. The summed E-state index contributed by atoms with van der Waals surface area (Å²) in [6.45, 7) is 0. The molecular formula is C17H23N. The van der Waals surface area contributed by atoms with Crippen LogP contribution in [0.15, 0.2) is 24.3 Å². The second-order valence-corrected chi connectivity index (χ2v) is 6.86. The Labute approximate surface area is 110 Å². The summed E-state index contributed by atoms with van der Waals surface area (Å²) >= 11 is 0. The van der Waals surface area contributed by atoms with Crippen LogP contribution in [-0.2, 0) is 6.42 Å². The molecule has 2 N–H and O–H groups in total. The first kappa shape index (κ1) is 11.0. The fraction of sp³-hybridized carbons (Fsp3) is 0.647. The number of hydrogen-bond acceptors (Lipinski definition) is 1. The highest BCUT2D eigenvalue weighted by molar-refractivity contribution is 5.35. The van der Waals surface area contributed by atoms with Crippen molar-refractivity contribution in [3.8, 4) is 0 Å². The third kappa shape index (κ3) is 1.64. The highest BCUT2D eigenvalue weighted by Gasteiger charge is 2.42. The Balaban J connectivity index is 1.48. The number of benzene rings is 1. The Morgan fingerprint density at radius 1 is 1.06 bits per heavy atom. The van der Waals surface area contributed by atoms with Gasteiger partial charge in [-0.15, -0.1) is 0 Å². The Hall–Kier alpha value is -0.820. The molecule has 2 fully saturated rings. The molecule has 1 aromatic carbocycles. The zero-order chi connectivity index (χ0) is 12.1. The predicted molar refractivity (Wildman–Crippen MR) is 74.1 cm³/mol. The Bertz CT molecular complexity index is 453. The van der Waals surface area contributed by atoms with Crippen LogP contribution in [0.4, 0.5) is 0 Å². The van der Waals surface area contributed by atoms with Gasteiger partial charge in [0, 0.05) is 6.04 Å².